The molecule has 1 aliphatic heterocycles. The van der Waals surface area contributed by atoms with E-state index < -0.39 is 24.3 Å². The van der Waals surface area contributed by atoms with Gasteiger partial charge in [-0.05, 0) is 43.7 Å². The Balaban J connectivity index is 1.71. The van der Waals surface area contributed by atoms with E-state index in [4.69, 9.17) is 28.4 Å². The summed E-state index contributed by atoms with van der Waals surface area (Å²) in [4.78, 5) is 24.5. The van der Waals surface area contributed by atoms with Crippen molar-refractivity contribution >= 4 is 18.2 Å². The van der Waals surface area contributed by atoms with E-state index in [1.165, 1.54) is 34.7 Å². The van der Waals surface area contributed by atoms with Crippen molar-refractivity contribution in [2.75, 3.05) is 41.7 Å². The lowest BCUT2D eigenvalue weighted by atomic mass is 9.95. The summed E-state index contributed by atoms with van der Waals surface area (Å²) in [7, 11) is 5.81. The molecule has 13 nitrogen and oxygen atoms in total. The minimum Gasteiger partial charge on any atom is -0.493 e. The highest BCUT2D eigenvalue weighted by atomic mass is 16.5. The number of ether oxygens (including phenoxy) is 6. The summed E-state index contributed by atoms with van der Waals surface area (Å²) in [5, 5.41) is 19.7. The molecule has 4 N–H and O–H groups in total. The SMILES string of the molecule is CCOc1cc([C@H]2NC(=O)NC(C)=C2C(=O)OC)ccc1OC[C@@H](O)N/N=C\c1cc(OC)c(OC)c(OC)c1. The molecule has 0 spiro atoms. The average molecular weight is 559 g/mol. The molecule has 2 amide bonds. The molecule has 0 radical (unpaired) electrons. The van der Waals surface area contributed by atoms with Crippen molar-refractivity contribution in [3.63, 3.8) is 0 Å². The Kier molecular flexibility index (Phi) is 10.4. The van der Waals surface area contributed by atoms with Gasteiger partial charge in [0.1, 0.15) is 6.61 Å². The number of esters is 1. The molecule has 0 unspecified atom stereocenters. The van der Waals surface area contributed by atoms with E-state index in [1.54, 1.807) is 44.2 Å². The molecule has 216 valence electrons. The van der Waals surface area contributed by atoms with Crippen molar-refractivity contribution in [1.82, 2.24) is 16.1 Å². The van der Waals surface area contributed by atoms with Gasteiger partial charge in [-0.25, -0.2) is 9.59 Å². The number of carbonyl (C=O) groups excluding carboxylic acids is 2. The van der Waals surface area contributed by atoms with Crippen LogP contribution in [0.1, 0.15) is 31.0 Å². The van der Waals surface area contributed by atoms with Gasteiger partial charge < -0.3 is 44.2 Å². The lowest BCUT2D eigenvalue weighted by Crippen LogP contribution is -2.45. The maximum absolute atomic E-state index is 12.4. The van der Waals surface area contributed by atoms with Gasteiger partial charge in [-0.15, -0.1) is 0 Å². The van der Waals surface area contributed by atoms with Crippen LogP contribution in [-0.2, 0) is 9.53 Å². The van der Waals surface area contributed by atoms with Gasteiger partial charge in [0.05, 0.1) is 52.9 Å². The third kappa shape index (κ3) is 7.05. The predicted octanol–water partition coefficient (Wildman–Crippen LogP) is 2.23. The fraction of sp³-hybridized carbons (Fsp3) is 0.370. The number of hydrogen-bond acceptors (Lipinski definition) is 11. The molecule has 0 aromatic heterocycles. The van der Waals surface area contributed by atoms with Crippen LogP contribution in [-0.4, -0.2) is 71.2 Å². The zero-order valence-electron chi connectivity index (χ0n) is 23.2. The van der Waals surface area contributed by atoms with Crippen LogP contribution in [0.3, 0.4) is 0 Å². The van der Waals surface area contributed by atoms with Crippen LogP contribution in [0.25, 0.3) is 0 Å². The second-order valence-electron chi connectivity index (χ2n) is 8.37. The van der Waals surface area contributed by atoms with Crippen LogP contribution in [0.5, 0.6) is 28.7 Å². The number of nitrogens with zero attached hydrogens (tertiary/aromatic N) is 1. The summed E-state index contributed by atoms with van der Waals surface area (Å²) in [6, 6.07) is 7.18. The number of amides is 2. The Hall–Kier alpha value is -4.65. The maximum atomic E-state index is 12.4. The van der Waals surface area contributed by atoms with Crippen molar-refractivity contribution < 1.29 is 43.1 Å². The van der Waals surface area contributed by atoms with Crippen LogP contribution < -0.4 is 39.7 Å². The minimum absolute atomic E-state index is 0.164. The number of hydrogen-bond donors (Lipinski definition) is 4. The summed E-state index contributed by atoms with van der Waals surface area (Å²) < 4.78 is 32.4. The van der Waals surface area contributed by atoms with Crippen LogP contribution >= 0.6 is 0 Å². The van der Waals surface area contributed by atoms with Crippen LogP contribution in [0.15, 0.2) is 46.7 Å². The molecule has 2 aromatic rings. The fourth-order valence-electron chi connectivity index (χ4n) is 4.00. The molecule has 3 rings (SSSR count). The first-order valence-electron chi connectivity index (χ1n) is 12.3. The quantitative estimate of drug-likeness (QED) is 0.124. The summed E-state index contributed by atoms with van der Waals surface area (Å²) >= 11 is 0. The largest absolute Gasteiger partial charge is 0.493 e. The molecule has 13 heteroatoms. The molecule has 2 aromatic carbocycles. The number of methoxy groups -OCH3 is 4. The summed E-state index contributed by atoms with van der Waals surface area (Å²) in [5.41, 5.74) is 4.47. The summed E-state index contributed by atoms with van der Waals surface area (Å²) in [6.07, 6.45) is 0.322. The second kappa shape index (κ2) is 13.9. The molecule has 1 aliphatic rings. The number of benzene rings is 2. The number of rotatable bonds is 13. The smallest absolute Gasteiger partial charge is 0.337 e. The van der Waals surface area contributed by atoms with E-state index in [0.717, 1.165) is 0 Å². The van der Waals surface area contributed by atoms with Crippen molar-refractivity contribution in [3.8, 4) is 28.7 Å². The van der Waals surface area contributed by atoms with Crippen LogP contribution in [0, 0.1) is 0 Å². The van der Waals surface area contributed by atoms with E-state index in [1.807, 2.05) is 0 Å². The maximum Gasteiger partial charge on any atom is 0.337 e. The molecule has 0 aliphatic carbocycles. The van der Waals surface area contributed by atoms with Crippen molar-refractivity contribution in [2.45, 2.75) is 26.1 Å². The third-order valence-electron chi connectivity index (χ3n) is 5.80. The number of hydrazone groups is 1. The molecule has 2 atom stereocenters. The van der Waals surface area contributed by atoms with Gasteiger partial charge in [-0.1, -0.05) is 6.07 Å². The Bertz CT molecular complexity index is 1250. The minimum atomic E-state index is -1.16. The number of aliphatic hydroxyl groups excluding tert-OH is 1. The van der Waals surface area contributed by atoms with Crippen molar-refractivity contribution in [2.24, 2.45) is 5.10 Å². The molecular weight excluding hydrogens is 524 g/mol. The Labute approximate surface area is 232 Å². The van der Waals surface area contributed by atoms with Crippen LogP contribution in [0.2, 0.25) is 0 Å². The third-order valence-corrected chi connectivity index (χ3v) is 5.80. The van der Waals surface area contributed by atoms with Crippen molar-refractivity contribution in [1.29, 1.82) is 0 Å². The Morgan fingerprint density at radius 3 is 2.35 bits per heavy atom. The monoisotopic (exact) mass is 558 g/mol. The standard InChI is InChI=1S/C27H34N4O9/c1-7-39-19-12-17(24-23(26(33)38-6)15(2)29-27(34)30-24)8-9-18(19)40-14-22(32)31-28-13-16-10-20(35-3)25(37-5)21(11-16)36-4/h8-13,22,24,31-32H,7,14H2,1-6H3,(H2,29,30,34)/b28-13-/t22-,24-/m1/s1. The molecular formula is C27H34N4O9. The number of carbonyl (C=O) groups is 2. The first-order chi connectivity index (χ1) is 19.3. The topological polar surface area (TPSA) is 158 Å². The number of aliphatic hydroxyl groups is 1. The van der Waals surface area contributed by atoms with E-state index >= 15 is 0 Å². The zero-order chi connectivity index (χ0) is 29.2. The molecule has 1 heterocycles. The van der Waals surface area contributed by atoms with E-state index in [0.29, 0.717) is 52.2 Å². The number of allylic oxidation sites excluding steroid dienone is 1. The van der Waals surface area contributed by atoms with Gasteiger partial charge in [0, 0.05) is 11.3 Å². The normalized spacial score (nSPS) is 15.6. The first-order valence-corrected chi connectivity index (χ1v) is 12.3. The van der Waals surface area contributed by atoms with E-state index in [2.05, 4.69) is 21.2 Å². The number of urea groups is 1. The van der Waals surface area contributed by atoms with Gasteiger partial charge in [0.15, 0.2) is 29.2 Å². The van der Waals surface area contributed by atoms with Gasteiger partial charge in [-0.2, -0.15) is 5.10 Å². The van der Waals surface area contributed by atoms with Gasteiger partial charge in [-0.3, -0.25) is 5.43 Å². The van der Waals surface area contributed by atoms with E-state index in [-0.39, 0.29) is 12.2 Å². The van der Waals surface area contributed by atoms with E-state index in [9.17, 15) is 14.7 Å². The summed E-state index contributed by atoms with van der Waals surface area (Å²) in [6.45, 7) is 3.60. The zero-order valence-corrected chi connectivity index (χ0v) is 23.2. The van der Waals surface area contributed by atoms with Crippen LogP contribution in [0.4, 0.5) is 4.79 Å². The summed E-state index contributed by atoms with van der Waals surface area (Å²) in [5.74, 6) is 1.52. The molecule has 40 heavy (non-hydrogen) atoms. The van der Waals surface area contributed by atoms with Gasteiger partial charge >= 0.3 is 12.0 Å². The molecule has 0 fully saturated rings. The highest BCUT2D eigenvalue weighted by Crippen LogP contribution is 2.38. The highest BCUT2D eigenvalue weighted by Gasteiger charge is 2.32. The van der Waals surface area contributed by atoms with Gasteiger partial charge in [0.25, 0.3) is 0 Å². The van der Waals surface area contributed by atoms with Crippen molar-refractivity contribution in [3.05, 3.63) is 52.7 Å². The molecule has 0 saturated carbocycles. The number of nitrogens with one attached hydrogen (secondary N) is 3. The predicted molar refractivity (Wildman–Crippen MR) is 145 cm³/mol. The lowest BCUT2D eigenvalue weighted by molar-refractivity contribution is -0.136. The lowest BCUT2D eigenvalue weighted by Gasteiger charge is -2.28. The fourth-order valence-corrected chi connectivity index (χ4v) is 4.00. The second-order valence-corrected chi connectivity index (χ2v) is 8.37. The molecule has 0 bridgehead atoms. The van der Waals surface area contributed by atoms with Gasteiger partial charge in [0.2, 0.25) is 5.75 Å². The average Bonchev–Trinajstić information content (AvgIpc) is 2.95. The Morgan fingerprint density at radius 1 is 1.05 bits per heavy atom. The molecule has 0 saturated heterocycles. The first kappa shape index (κ1) is 29.9. The highest BCUT2D eigenvalue weighted by molar-refractivity contribution is 5.95. The Morgan fingerprint density at radius 2 is 1.75 bits per heavy atom.